The van der Waals surface area contributed by atoms with Crippen LogP contribution in [0, 0.1) is 0 Å². The van der Waals surface area contributed by atoms with Crippen molar-refractivity contribution >= 4 is 17.2 Å². The van der Waals surface area contributed by atoms with Gasteiger partial charge in [-0.05, 0) is 30.0 Å². The molecule has 3 heteroatoms. The molecule has 0 aromatic heterocycles. The summed E-state index contributed by atoms with van der Waals surface area (Å²) < 4.78 is 5.84. The normalized spacial score (nSPS) is 12.5. The summed E-state index contributed by atoms with van der Waals surface area (Å²) >= 11 is 4.91. The maximum Gasteiger partial charge on any atom is 0.119 e. The number of thiocarbonyl (C=S) groups is 1. The fraction of sp³-hybridized carbons (Fsp3) is 0.500. The van der Waals surface area contributed by atoms with E-state index in [4.69, 9.17) is 22.7 Å². The minimum absolute atomic E-state index is 0.0809. The SMILES string of the molecule is CCC(CC(N)=S)Oc1ccc(C(C)C)cc1. The van der Waals surface area contributed by atoms with Crippen LogP contribution in [0.2, 0.25) is 0 Å². The Morgan fingerprint density at radius 3 is 2.29 bits per heavy atom. The van der Waals surface area contributed by atoms with Crippen LogP contribution in [0.25, 0.3) is 0 Å². The average molecular weight is 251 g/mol. The first-order chi connectivity index (χ1) is 8.02. The predicted octanol–water partition coefficient (Wildman–Crippen LogP) is 3.64. The minimum atomic E-state index is 0.0809. The lowest BCUT2D eigenvalue weighted by Crippen LogP contribution is -2.23. The van der Waals surface area contributed by atoms with Crippen LogP contribution in [0.1, 0.15) is 45.1 Å². The zero-order valence-electron chi connectivity index (χ0n) is 10.8. The van der Waals surface area contributed by atoms with E-state index in [1.165, 1.54) is 5.56 Å². The quantitative estimate of drug-likeness (QED) is 0.784. The van der Waals surface area contributed by atoms with Gasteiger partial charge in [-0.3, -0.25) is 0 Å². The molecule has 0 aliphatic carbocycles. The molecule has 1 aromatic rings. The van der Waals surface area contributed by atoms with Gasteiger partial charge in [0.05, 0.1) is 4.99 Å². The van der Waals surface area contributed by atoms with E-state index in [0.29, 0.717) is 17.3 Å². The van der Waals surface area contributed by atoms with Gasteiger partial charge in [0, 0.05) is 6.42 Å². The van der Waals surface area contributed by atoms with Crippen molar-refractivity contribution in [1.29, 1.82) is 0 Å². The zero-order chi connectivity index (χ0) is 12.8. The van der Waals surface area contributed by atoms with Crippen LogP contribution >= 0.6 is 12.2 Å². The zero-order valence-corrected chi connectivity index (χ0v) is 11.6. The Hall–Kier alpha value is -1.09. The molecule has 0 saturated heterocycles. The molecule has 1 atom stereocenters. The molecule has 0 spiro atoms. The predicted molar refractivity (Wildman–Crippen MR) is 76.6 cm³/mol. The molecule has 17 heavy (non-hydrogen) atoms. The summed E-state index contributed by atoms with van der Waals surface area (Å²) in [5.74, 6) is 1.43. The Balaban J connectivity index is 2.64. The van der Waals surface area contributed by atoms with Crippen LogP contribution in [0.3, 0.4) is 0 Å². The second-order valence-electron chi connectivity index (χ2n) is 4.54. The van der Waals surface area contributed by atoms with Crippen molar-refractivity contribution in [3.05, 3.63) is 29.8 Å². The number of hydrogen-bond acceptors (Lipinski definition) is 2. The lowest BCUT2D eigenvalue weighted by Gasteiger charge is -2.17. The molecule has 2 nitrogen and oxygen atoms in total. The van der Waals surface area contributed by atoms with Crippen LogP contribution in [-0.4, -0.2) is 11.1 Å². The van der Waals surface area contributed by atoms with E-state index < -0.39 is 0 Å². The topological polar surface area (TPSA) is 35.2 Å². The maximum absolute atomic E-state index is 5.84. The van der Waals surface area contributed by atoms with E-state index in [1.807, 2.05) is 12.1 Å². The van der Waals surface area contributed by atoms with E-state index in [0.717, 1.165) is 12.2 Å². The summed E-state index contributed by atoms with van der Waals surface area (Å²) in [6.07, 6.45) is 1.62. The van der Waals surface area contributed by atoms with Crippen molar-refractivity contribution in [2.75, 3.05) is 0 Å². The highest BCUT2D eigenvalue weighted by Crippen LogP contribution is 2.20. The van der Waals surface area contributed by atoms with Gasteiger partial charge in [0.15, 0.2) is 0 Å². The number of nitrogens with two attached hydrogens (primary N) is 1. The average Bonchev–Trinajstić information content (AvgIpc) is 2.28. The molecule has 1 aromatic carbocycles. The molecule has 0 fully saturated rings. The monoisotopic (exact) mass is 251 g/mol. The third-order valence-electron chi connectivity index (χ3n) is 2.73. The highest BCUT2D eigenvalue weighted by molar-refractivity contribution is 7.80. The van der Waals surface area contributed by atoms with E-state index >= 15 is 0 Å². The van der Waals surface area contributed by atoms with Crippen molar-refractivity contribution in [2.24, 2.45) is 5.73 Å². The largest absolute Gasteiger partial charge is 0.490 e. The number of hydrogen-bond donors (Lipinski definition) is 1. The molecular formula is C14H21NOS. The molecule has 0 radical (unpaired) electrons. The van der Waals surface area contributed by atoms with Gasteiger partial charge in [0.2, 0.25) is 0 Å². The van der Waals surface area contributed by atoms with E-state index in [-0.39, 0.29) is 6.10 Å². The summed E-state index contributed by atoms with van der Waals surface area (Å²) in [6, 6.07) is 8.23. The summed E-state index contributed by atoms with van der Waals surface area (Å²) in [5.41, 5.74) is 6.86. The molecule has 0 heterocycles. The van der Waals surface area contributed by atoms with Crippen molar-refractivity contribution in [3.63, 3.8) is 0 Å². The lowest BCUT2D eigenvalue weighted by atomic mass is 10.0. The Kier molecular flexibility index (Phi) is 5.42. The smallest absolute Gasteiger partial charge is 0.119 e. The van der Waals surface area contributed by atoms with E-state index in [2.05, 4.69) is 32.9 Å². The molecular weight excluding hydrogens is 230 g/mol. The number of ether oxygens (including phenoxy) is 1. The van der Waals surface area contributed by atoms with Crippen molar-refractivity contribution in [3.8, 4) is 5.75 Å². The molecule has 0 aliphatic heterocycles. The third kappa shape index (κ3) is 4.73. The lowest BCUT2D eigenvalue weighted by molar-refractivity contribution is 0.205. The summed E-state index contributed by atoms with van der Waals surface area (Å²) in [5, 5.41) is 0. The first-order valence-corrected chi connectivity index (χ1v) is 6.48. The van der Waals surface area contributed by atoms with Crippen LogP contribution in [-0.2, 0) is 0 Å². The molecule has 0 aliphatic rings. The van der Waals surface area contributed by atoms with Crippen LogP contribution in [0.4, 0.5) is 0 Å². The fourth-order valence-corrected chi connectivity index (χ4v) is 1.80. The van der Waals surface area contributed by atoms with Gasteiger partial charge in [-0.15, -0.1) is 0 Å². The Bertz CT molecular complexity index is 359. The molecule has 2 N–H and O–H groups in total. The summed E-state index contributed by atoms with van der Waals surface area (Å²) in [6.45, 7) is 6.43. The van der Waals surface area contributed by atoms with Crippen molar-refractivity contribution < 1.29 is 4.74 Å². The molecule has 0 bridgehead atoms. The van der Waals surface area contributed by atoms with Crippen LogP contribution < -0.4 is 10.5 Å². The Morgan fingerprint density at radius 2 is 1.88 bits per heavy atom. The Labute approximate surface area is 109 Å². The Morgan fingerprint density at radius 1 is 1.29 bits per heavy atom. The highest BCUT2D eigenvalue weighted by atomic mass is 32.1. The van der Waals surface area contributed by atoms with Gasteiger partial charge in [-0.2, -0.15) is 0 Å². The van der Waals surface area contributed by atoms with Crippen LogP contribution in [0.5, 0.6) is 5.75 Å². The third-order valence-corrected chi connectivity index (χ3v) is 2.90. The highest BCUT2D eigenvalue weighted by Gasteiger charge is 2.09. The first kappa shape index (κ1) is 14.0. The maximum atomic E-state index is 5.84. The van der Waals surface area contributed by atoms with E-state index in [1.54, 1.807) is 0 Å². The van der Waals surface area contributed by atoms with Gasteiger partial charge in [0.25, 0.3) is 0 Å². The van der Waals surface area contributed by atoms with Crippen molar-refractivity contribution in [1.82, 2.24) is 0 Å². The second-order valence-corrected chi connectivity index (χ2v) is 5.07. The van der Waals surface area contributed by atoms with E-state index in [9.17, 15) is 0 Å². The standard InChI is InChI=1S/C14H21NOS/c1-4-12(9-14(15)17)16-13-7-5-11(6-8-13)10(2)3/h5-8,10,12H,4,9H2,1-3H3,(H2,15,17). The van der Waals surface area contributed by atoms with Gasteiger partial charge in [-0.1, -0.05) is 45.1 Å². The molecule has 94 valence electrons. The first-order valence-electron chi connectivity index (χ1n) is 6.07. The van der Waals surface area contributed by atoms with Crippen molar-refractivity contribution in [2.45, 2.75) is 45.6 Å². The van der Waals surface area contributed by atoms with Crippen LogP contribution in [0.15, 0.2) is 24.3 Å². The van der Waals surface area contributed by atoms with Gasteiger partial charge >= 0.3 is 0 Å². The van der Waals surface area contributed by atoms with Gasteiger partial charge in [0.1, 0.15) is 11.9 Å². The number of benzene rings is 1. The summed E-state index contributed by atoms with van der Waals surface area (Å²) in [7, 11) is 0. The fourth-order valence-electron chi connectivity index (χ4n) is 1.62. The second kappa shape index (κ2) is 6.60. The number of rotatable bonds is 6. The van der Waals surface area contributed by atoms with Gasteiger partial charge < -0.3 is 10.5 Å². The summed E-state index contributed by atoms with van der Waals surface area (Å²) in [4.78, 5) is 0.510. The molecule has 1 rings (SSSR count). The minimum Gasteiger partial charge on any atom is -0.490 e. The van der Waals surface area contributed by atoms with Gasteiger partial charge in [-0.25, -0.2) is 0 Å². The molecule has 1 unspecified atom stereocenters. The molecule has 0 saturated carbocycles. The molecule has 0 amide bonds.